The quantitative estimate of drug-likeness (QED) is 0.522. The molecule has 1 aromatic carbocycles. The highest BCUT2D eigenvalue weighted by molar-refractivity contribution is 5.61. The number of nitrogens with zero attached hydrogens (tertiary/aromatic N) is 4. The van der Waals surface area contributed by atoms with Crippen molar-refractivity contribution >= 4 is 5.69 Å². The summed E-state index contributed by atoms with van der Waals surface area (Å²) in [6.45, 7) is 7.10. The molecule has 6 nitrogen and oxygen atoms in total. The molecule has 1 N–H and O–H groups in total. The minimum atomic E-state index is 0.730. The van der Waals surface area contributed by atoms with Gasteiger partial charge in [0.1, 0.15) is 12.4 Å². The van der Waals surface area contributed by atoms with E-state index in [1.807, 2.05) is 0 Å². The van der Waals surface area contributed by atoms with Crippen LogP contribution in [0.15, 0.2) is 36.7 Å². The number of anilines is 1. The third kappa shape index (κ3) is 7.87. The third-order valence-electron chi connectivity index (χ3n) is 5.73. The lowest BCUT2D eigenvalue weighted by Gasteiger charge is -2.26. The summed E-state index contributed by atoms with van der Waals surface area (Å²) < 4.78 is 8.50. The molecule has 1 fully saturated rings. The molecule has 31 heavy (non-hydrogen) atoms. The van der Waals surface area contributed by atoms with Gasteiger partial charge in [0.2, 0.25) is 0 Å². The van der Waals surface area contributed by atoms with E-state index in [2.05, 4.69) is 89.4 Å². The van der Waals surface area contributed by atoms with Gasteiger partial charge in [0, 0.05) is 43.8 Å². The van der Waals surface area contributed by atoms with Gasteiger partial charge in [0.05, 0.1) is 5.69 Å². The van der Waals surface area contributed by atoms with Crippen LogP contribution in [0.1, 0.15) is 31.2 Å². The second-order valence-corrected chi connectivity index (χ2v) is 9.18. The number of likely N-dealkylation sites (tertiary alicyclic amines) is 1. The van der Waals surface area contributed by atoms with Crippen LogP contribution in [-0.4, -0.2) is 86.8 Å². The van der Waals surface area contributed by atoms with Crippen molar-refractivity contribution < 1.29 is 4.74 Å². The Balaban J connectivity index is 1.67. The van der Waals surface area contributed by atoms with Crippen molar-refractivity contribution in [2.45, 2.75) is 32.2 Å². The van der Waals surface area contributed by atoms with E-state index in [4.69, 9.17) is 4.74 Å². The first-order valence-corrected chi connectivity index (χ1v) is 11.7. The van der Waals surface area contributed by atoms with Crippen LogP contribution in [0.25, 0.3) is 5.69 Å². The van der Waals surface area contributed by atoms with E-state index < -0.39 is 0 Å². The number of aromatic nitrogens is 1. The molecule has 6 heteroatoms. The molecule has 172 valence electrons. The van der Waals surface area contributed by atoms with Crippen LogP contribution in [-0.2, 0) is 6.54 Å². The SMILES string of the molecule is CN(C)CCCNc1ccc(-n2ccc(CN(C)C)c2)cc1OCCN1CCCCC1. The van der Waals surface area contributed by atoms with Gasteiger partial charge in [-0.25, -0.2) is 0 Å². The zero-order valence-electron chi connectivity index (χ0n) is 19.9. The maximum Gasteiger partial charge on any atom is 0.144 e. The molecule has 2 aromatic rings. The molecule has 0 atom stereocenters. The molecule has 1 aliphatic heterocycles. The molecule has 0 bridgehead atoms. The molecular formula is C25H41N5O. The Hall–Kier alpha value is -2.02. The summed E-state index contributed by atoms with van der Waals surface area (Å²) in [6, 6.07) is 8.69. The lowest BCUT2D eigenvalue weighted by atomic mass is 10.1. The Bertz CT molecular complexity index is 780. The first-order valence-electron chi connectivity index (χ1n) is 11.7. The van der Waals surface area contributed by atoms with E-state index in [1.165, 1.54) is 37.9 Å². The molecule has 0 amide bonds. The van der Waals surface area contributed by atoms with Gasteiger partial charge in [-0.2, -0.15) is 0 Å². The van der Waals surface area contributed by atoms with Crippen molar-refractivity contribution in [3.8, 4) is 11.4 Å². The monoisotopic (exact) mass is 427 g/mol. The summed E-state index contributed by atoms with van der Waals surface area (Å²) in [5.74, 6) is 0.947. The molecule has 3 rings (SSSR count). The predicted octanol–water partition coefficient (Wildman–Crippen LogP) is 3.77. The van der Waals surface area contributed by atoms with E-state index >= 15 is 0 Å². The standard InChI is InChI=1S/C25H41N5O/c1-27(2)13-8-12-26-24-10-9-23(30-16-11-22(21-30)20-28(3)4)19-25(24)31-18-17-29-14-6-5-7-15-29/h9-11,16,19,21,26H,5-8,12-15,17-18,20H2,1-4H3. The van der Waals surface area contributed by atoms with Crippen LogP contribution < -0.4 is 10.1 Å². The fourth-order valence-electron chi connectivity index (χ4n) is 4.08. The maximum atomic E-state index is 6.32. The zero-order valence-corrected chi connectivity index (χ0v) is 19.9. The van der Waals surface area contributed by atoms with E-state index in [0.717, 1.165) is 56.3 Å². The van der Waals surface area contributed by atoms with Crippen molar-refractivity contribution in [2.24, 2.45) is 0 Å². The topological polar surface area (TPSA) is 35.9 Å². The minimum Gasteiger partial charge on any atom is -0.490 e. The molecule has 0 aliphatic carbocycles. The average Bonchev–Trinajstić information content (AvgIpc) is 3.20. The number of piperidine rings is 1. The third-order valence-corrected chi connectivity index (χ3v) is 5.73. The number of hydrogen-bond acceptors (Lipinski definition) is 5. The number of ether oxygens (including phenoxy) is 1. The van der Waals surface area contributed by atoms with Crippen LogP contribution in [0, 0.1) is 0 Å². The van der Waals surface area contributed by atoms with Crippen molar-refractivity contribution in [3.63, 3.8) is 0 Å². The van der Waals surface area contributed by atoms with E-state index in [9.17, 15) is 0 Å². The summed E-state index contributed by atoms with van der Waals surface area (Å²) in [6.07, 6.45) is 9.45. The summed E-state index contributed by atoms with van der Waals surface area (Å²) in [5.41, 5.74) is 3.53. The van der Waals surface area contributed by atoms with Gasteiger partial charge in [-0.05, 0) is 90.8 Å². The van der Waals surface area contributed by atoms with Gasteiger partial charge in [-0.15, -0.1) is 0 Å². The molecule has 1 saturated heterocycles. The Labute approximate surface area is 188 Å². The summed E-state index contributed by atoms with van der Waals surface area (Å²) >= 11 is 0. The molecule has 0 saturated carbocycles. The van der Waals surface area contributed by atoms with E-state index in [-0.39, 0.29) is 0 Å². The number of rotatable bonds is 12. The number of benzene rings is 1. The molecule has 0 unspecified atom stereocenters. The van der Waals surface area contributed by atoms with Gasteiger partial charge in [-0.3, -0.25) is 4.90 Å². The Morgan fingerprint density at radius 2 is 1.81 bits per heavy atom. The maximum absolute atomic E-state index is 6.32. The largest absolute Gasteiger partial charge is 0.490 e. The highest BCUT2D eigenvalue weighted by atomic mass is 16.5. The van der Waals surface area contributed by atoms with Gasteiger partial charge >= 0.3 is 0 Å². The van der Waals surface area contributed by atoms with Gasteiger partial charge in [-0.1, -0.05) is 6.42 Å². The number of nitrogens with one attached hydrogen (secondary N) is 1. The summed E-state index contributed by atoms with van der Waals surface area (Å²) in [5, 5.41) is 3.59. The van der Waals surface area contributed by atoms with Crippen molar-refractivity contribution in [1.29, 1.82) is 0 Å². The average molecular weight is 428 g/mol. The predicted molar refractivity (Wildman–Crippen MR) is 131 cm³/mol. The Morgan fingerprint density at radius 1 is 1.00 bits per heavy atom. The first kappa shape index (κ1) is 23.6. The molecule has 0 spiro atoms. The van der Waals surface area contributed by atoms with Crippen molar-refractivity contribution in [3.05, 3.63) is 42.2 Å². The van der Waals surface area contributed by atoms with Crippen LogP contribution in [0.3, 0.4) is 0 Å². The smallest absolute Gasteiger partial charge is 0.144 e. The second kappa shape index (κ2) is 12.1. The normalized spacial score (nSPS) is 15.0. The van der Waals surface area contributed by atoms with Crippen molar-refractivity contribution in [1.82, 2.24) is 19.3 Å². The fourth-order valence-corrected chi connectivity index (χ4v) is 4.08. The van der Waals surface area contributed by atoms with Gasteiger partial charge in [0.25, 0.3) is 0 Å². The van der Waals surface area contributed by atoms with Crippen LogP contribution in [0.2, 0.25) is 0 Å². The molecule has 1 aromatic heterocycles. The number of hydrogen-bond donors (Lipinski definition) is 1. The first-order chi connectivity index (χ1) is 15.0. The zero-order chi connectivity index (χ0) is 22.1. The van der Waals surface area contributed by atoms with Crippen LogP contribution in [0.5, 0.6) is 5.75 Å². The summed E-state index contributed by atoms with van der Waals surface area (Å²) in [4.78, 5) is 6.94. The fraction of sp³-hybridized carbons (Fsp3) is 0.600. The summed E-state index contributed by atoms with van der Waals surface area (Å²) in [7, 11) is 8.43. The van der Waals surface area contributed by atoms with E-state index in [0.29, 0.717) is 0 Å². The van der Waals surface area contributed by atoms with E-state index in [1.54, 1.807) is 0 Å². The molecular weight excluding hydrogens is 386 g/mol. The highest BCUT2D eigenvalue weighted by Crippen LogP contribution is 2.28. The Kier molecular flexibility index (Phi) is 9.25. The lowest BCUT2D eigenvalue weighted by molar-refractivity contribution is 0.183. The van der Waals surface area contributed by atoms with Crippen LogP contribution >= 0.6 is 0 Å². The van der Waals surface area contributed by atoms with Crippen LogP contribution in [0.4, 0.5) is 5.69 Å². The second-order valence-electron chi connectivity index (χ2n) is 9.18. The minimum absolute atomic E-state index is 0.730. The Morgan fingerprint density at radius 3 is 2.55 bits per heavy atom. The molecule has 1 aliphatic rings. The highest BCUT2D eigenvalue weighted by Gasteiger charge is 2.12. The van der Waals surface area contributed by atoms with Gasteiger partial charge in [0.15, 0.2) is 0 Å². The molecule has 2 heterocycles. The lowest BCUT2D eigenvalue weighted by Crippen LogP contribution is -2.33. The van der Waals surface area contributed by atoms with Crippen molar-refractivity contribution in [2.75, 3.05) is 72.8 Å². The van der Waals surface area contributed by atoms with Gasteiger partial charge < -0.3 is 24.4 Å². The molecule has 0 radical (unpaired) electrons.